The normalized spacial score (nSPS) is 10.8. The predicted molar refractivity (Wildman–Crippen MR) is 106 cm³/mol. The highest BCUT2D eigenvalue weighted by Gasteiger charge is 2.08. The van der Waals surface area contributed by atoms with Crippen LogP contribution in [-0.4, -0.2) is 40.2 Å². The van der Waals surface area contributed by atoms with E-state index in [1.165, 1.54) is 16.8 Å². The minimum Gasteiger partial charge on any atom is -0.492 e. The zero-order valence-electron chi connectivity index (χ0n) is 16.3. The summed E-state index contributed by atoms with van der Waals surface area (Å²) < 4.78 is 25.5. The van der Waals surface area contributed by atoms with Crippen molar-refractivity contribution in [1.82, 2.24) is 20.3 Å². The Morgan fingerprint density at radius 2 is 1.97 bits per heavy atom. The molecule has 0 unspecified atom stereocenters. The summed E-state index contributed by atoms with van der Waals surface area (Å²) in [6.45, 7) is 4.52. The first kappa shape index (κ1) is 20.3. The molecule has 1 heterocycles. The van der Waals surface area contributed by atoms with Gasteiger partial charge < -0.3 is 14.8 Å². The second-order valence-electron chi connectivity index (χ2n) is 6.65. The molecule has 0 aliphatic carbocycles. The van der Waals surface area contributed by atoms with Crippen molar-refractivity contribution in [2.75, 3.05) is 13.2 Å². The van der Waals surface area contributed by atoms with Gasteiger partial charge in [-0.1, -0.05) is 11.3 Å². The van der Waals surface area contributed by atoms with Gasteiger partial charge >= 0.3 is 0 Å². The highest BCUT2D eigenvalue weighted by molar-refractivity contribution is 5.75. The number of aromatic nitrogens is 3. The first-order valence-electron chi connectivity index (χ1n) is 9.32. The zero-order valence-corrected chi connectivity index (χ0v) is 16.3. The maximum absolute atomic E-state index is 13.1. The van der Waals surface area contributed by atoms with Crippen molar-refractivity contribution in [1.29, 1.82) is 0 Å². The van der Waals surface area contributed by atoms with Gasteiger partial charge in [-0.3, -0.25) is 4.79 Å². The lowest BCUT2D eigenvalue weighted by Crippen LogP contribution is -2.31. The average molecular weight is 398 g/mol. The van der Waals surface area contributed by atoms with E-state index in [1.54, 1.807) is 18.3 Å². The lowest BCUT2D eigenvalue weighted by molar-refractivity contribution is -0.121. The highest BCUT2D eigenvalue weighted by atomic mass is 19.1. The Morgan fingerprint density at radius 1 is 1.17 bits per heavy atom. The molecule has 0 saturated carbocycles. The molecule has 0 saturated heterocycles. The molecular weight excluding hydrogens is 375 g/mol. The minimum atomic E-state index is -0.365. The van der Waals surface area contributed by atoms with Crippen LogP contribution in [0.5, 0.6) is 11.5 Å². The molecular formula is C21H23FN4O3. The number of amides is 1. The first-order valence-corrected chi connectivity index (χ1v) is 9.32. The molecule has 0 aliphatic rings. The standard InChI is InChI=1S/C21H23FN4O3/c1-15(2)29-18-8-6-16(7-9-18)20-13-26(25-24-20)14-21(27)23-10-11-28-19-5-3-4-17(22)12-19/h3-9,12-13,15H,10-11,14H2,1-2H3,(H,23,27). The summed E-state index contributed by atoms with van der Waals surface area (Å²) in [5.41, 5.74) is 1.56. The van der Waals surface area contributed by atoms with Gasteiger partial charge in [-0.15, -0.1) is 5.10 Å². The predicted octanol–water partition coefficient (Wildman–Crippen LogP) is 3.07. The van der Waals surface area contributed by atoms with Crippen LogP contribution in [0.15, 0.2) is 54.7 Å². The molecule has 1 N–H and O–H groups in total. The van der Waals surface area contributed by atoms with Crippen LogP contribution in [-0.2, 0) is 11.3 Å². The quantitative estimate of drug-likeness (QED) is 0.561. The summed E-state index contributed by atoms with van der Waals surface area (Å²) in [5.74, 6) is 0.626. The van der Waals surface area contributed by atoms with Crippen molar-refractivity contribution in [3.05, 3.63) is 60.5 Å². The lowest BCUT2D eigenvalue weighted by Gasteiger charge is -2.09. The molecule has 2 aromatic carbocycles. The van der Waals surface area contributed by atoms with Crippen molar-refractivity contribution in [3.63, 3.8) is 0 Å². The van der Waals surface area contributed by atoms with E-state index < -0.39 is 0 Å². The van der Waals surface area contributed by atoms with Crippen molar-refractivity contribution < 1.29 is 18.7 Å². The maximum atomic E-state index is 13.1. The number of rotatable bonds is 9. The molecule has 1 amide bonds. The second kappa shape index (κ2) is 9.68. The van der Waals surface area contributed by atoms with Gasteiger partial charge in [0.25, 0.3) is 0 Å². The Bertz CT molecular complexity index is 941. The molecule has 0 fully saturated rings. The molecule has 3 aromatic rings. The van der Waals surface area contributed by atoms with Crippen LogP contribution in [0.1, 0.15) is 13.8 Å². The van der Waals surface area contributed by atoms with Crippen LogP contribution < -0.4 is 14.8 Å². The van der Waals surface area contributed by atoms with Gasteiger partial charge in [-0.2, -0.15) is 0 Å². The third-order valence-corrected chi connectivity index (χ3v) is 3.86. The average Bonchev–Trinajstić information content (AvgIpc) is 3.14. The number of hydrogen-bond acceptors (Lipinski definition) is 5. The van der Waals surface area contributed by atoms with E-state index in [-0.39, 0.29) is 31.0 Å². The number of ether oxygens (including phenoxy) is 2. The largest absolute Gasteiger partial charge is 0.492 e. The van der Waals surface area contributed by atoms with E-state index in [0.29, 0.717) is 18.0 Å². The van der Waals surface area contributed by atoms with E-state index >= 15 is 0 Å². The summed E-state index contributed by atoms with van der Waals surface area (Å²) in [6, 6.07) is 13.4. The molecule has 29 heavy (non-hydrogen) atoms. The summed E-state index contributed by atoms with van der Waals surface area (Å²) in [7, 11) is 0. The topological polar surface area (TPSA) is 78.3 Å². The third-order valence-electron chi connectivity index (χ3n) is 3.86. The summed E-state index contributed by atoms with van der Waals surface area (Å²) >= 11 is 0. The fourth-order valence-electron chi connectivity index (χ4n) is 2.60. The molecule has 8 heteroatoms. The van der Waals surface area contributed by atoms with Gasteiger partial charge in [0.1, 0.15) is 36.2 Å². The number of carbonyl (C=O) groups excluding carboxylic acids is 1. The number of halogens is 1. The summed E-state index contributed by atoms with van der Waals surface area (Å²) in [5, 5.41) is 10.8. The van der Waals surface area contributed by atoms with E-state index in [1.807, 2.05) is 38.1 Å². The van der Waals surface area contributed by atoms with E-state index in [2.05, 4.69) is 15.6 Å². The number of nitrogens with zero attached hydrogens (tertiary/aromatic N) is 3. The van der Waals surface area contributed by atoms with Crippen molar-refractivity contribution in [2.24, 2.45) is 0 Å². The molecule has 0 radical (unpaired) electrons. The maximum Gasteiger partial charge on any atom is 0.241 e. The van der Waals surface area contributed by atoms with Crippen molar-refractivity contribution in [2.45, 2.75) is 26.5 Å². The molecule has 1 aromatic heterocycles. The third kappa shape index (κ3) is 6.31. The minimum absolute atomic E-state index is 0.0432. The van der Waals surface area contributed by atoms with Gasteiger partial charge in [0.05, 0.1) is 18.8 Å². The molecule has 3 rings (SSSR count). The van der Waals surface area contributed by atoms with Crippen LogP contribution in [0.3, 0.4) is 0 Å². The Labute approximate surface area is 168 Å². The SMILES string of the molecule is CC(C)Oc1ccc(-c2cn(CC(=O)NCCOc3cccc(F)c3)nn2)cc1. The van der Waals surface area contributed by atoms with Gasteiger partial charge in [-0.05, 0) is 50.2 Å². The van der Waals surface area contributed by atoms with Gasteiger partial charge in [0.2, 0.25) is 5.91 Å². The lowest BCUT2D eigenvalue weighted by atomic mass is 10.1. The molecule has 0 bridgehead atoms. The Hall–Kier alpha value is -3.42. The Balaban J connectivity index is 1.45. The van der Waals surface area contributed by atoms with Crippen LogP contribution >= 0.6 is 0 Å². The van der Waals surface area contributed by atoms with Crippen LogP contribution in [0.25, 0.3) is 11.3 Å². The summed E-state index contributed by atoms with van der Waals surface area (Å²) in [4.78, 5) is 12.0. The summed E-state index contributed by atoms with van der Waals surface area (Å²) in [6.07, 6.45) is 1.82. The molecule has 0 atom stereocenters. The first-order chi connectivity index (χ1) is 14.0. The van der Waals surface area contributed by atoms with Crippen LogP contribution in [0.2, 0.25) is 0 Å². The highest BCUT2D eigenvalue weighted by Crippen LogP contribution is 2.21. The molecule has 0 aliphatic heterocycles. The second-order valence-corrected chi connectivity index (χ2v) is 6.65. The number of benzene rings is 2. The smallest absolute Gasteiger partial charge is 0.241 e. The Kier molecular flexibility index (Phi) is 6.78. The number of nitrogens with one attached hydrogen (secondary N) is 1. The monoisotopic (exact) mass is 398 g/mol. The molecule has 0 spiro atoms. The van der Waals surface area contributed by atoms with E-state index in [9.17, 15) is 9.18 Å². The van der Waals surface area contributed by atoms with E-state index in [0.717, 1.165) is 11.3 Å². The Morgan fingerprint density at radius 3 is 2.69 bits per heavy atom. The zero-order chi connectivity index (χ0) is 20.6. The van der Waals surface area contributed by atoms with E-state index in [4.69, 9.17) is 9.47 Å². The number of carbonyl (C=O) groups is 1. The van der Waals surface area contributed by atoms with Crippen molar-refractivity contribution in [3.8, 4) is 22.8 Å². The fourth-order valence-corrected chi connectivity index (χ4v) is 2.60. The number of hydrogen-bond donors (Lipinski definition) is 1. The van der Waals surface area contributed by atoms with Gasteiger partial charge in [0.15, 0.2) is 0 Å². The molecule has 152 valence electrons. The van der Waals surface area contributed by atoms with Gasteiger partial charge in [0, 0.05) is 11.6 Å². The van der Waals surface area contributed by atoms with Gasteiger partial charge in [-0.25, -0.2) is 9.07 Å². The van der Waals surface area contributed by atoms with Crippen LogP contribution in [0, 0.1) is 5.82 Å². The fraction of sp³-hybridized carbons (Fsp3) is 0.286. The van der Waals surface area contributed by atoms with Crippen molar-refractivity contribution >= 4 is 5.91 Å². The molecule has 7 nitrogen and oxygen atoms in total. The van der Waals surface area contributed by atoms with Crippen LogP contribution in [0.4, 0.5) is 4.39 Å².